The quantitative estimate of drug-likeness (QED) is 0.500. The van der Waals surface area contributed by atoms with Crippen LogP contribution in [0.15, 0.2) is 4.52 Å². The van der Waals surface area contributed by atoms with E-state index in [1.165, 1.54) is 11.3 Å². The highest BCUT2D eigenvalue weighted by molar-refractivity contribution is 7.94. The van der Waals surface area contributed by atoms with Crippen molar-refractivity contribution in [3.05, 3.63) is 17.0 Å². The predicted octanol–water partition coefficient (Wildman–Crippen LogP) is 1.10. The number of hydrogen-bond acceptors (Lipinski definition) is 1. The first-order valence-corrected chi connectivity index (χ1v) is 6.23. The number of aryl methyl sites for hydroxylation is 2. The molecule has 0 aliphatic carbocycles. The Bertz CT molecular complexity index is 278. The molecule has 3 heteroatoms. The highest BCUT2D eigenvalue weighted by Crippen LogP contribution is 2.13. The summed E-state index contributed by atoms with van der Waals surface area (Å²) >= 11 is 0. The van der Waals surface area contributed by atoms with Gasteiger partial charge in [-0.1, -0.05) is 0 Å². The zero-order valence-electron chi connectivity index (χ0n) is 8.47. The molecule has 1 aromatic rings. The topological polar surface area (TPSA) is 17.0 Å². The molecule has 0 spiro atoms. The molecule has 0 unspecified atom stereocenters. The highest BCUT2D eigenvalue weighted by atomic mass is 32.2. The van der Waals surface area contributed by atoms with E-state index >= 15 is 0 Å². The fourth-order valence-electron chi connectivity index (χ4n) is 1.27. The molecule has 0 saturated heterocycles. The molecule has 68 valence electrons. The number of rotatable bonds is 2. The second-order valence-electron chi connectivity index (χ2n) is 3.34. The molecule has 0 N–H and O–H groups in total. The van der Waals surface area contributed by atoms with Crippen LogP contribution in [-0.4, -0.2) is 12.5 Å². The molecule has 0 radical (unpaired) electrons. The molecule has 12 heavy (non-hydrogen) atoms. The Morgan fingerprint density at radius 2 is 1.92 bits per heavy atom. The molecule has 1 rings (SSSR count). The average molecular weight is 187 g/mol. The second-order valence-corrected chi connectivity index (χ2v) is 5.60. The zero-order valence-corrected chi connectivity index (χ0v) is 9.29. The minimum atomic E-state index is 0.453. The van der Waals surface area contributed by atoms with Gasteiger partial charge in [0, 0.05) is 13.8 Å². The Labute approximate surface area is 76.9 Å². The maximum absolute atomic E-state index is 5.47. The van der Waals surface area contributed by atoms with E-state index < -0.39 is 0 Å². The molecule has 0 bridgehead atoms. The van der Waals surface area contributed by atoms with Gasteiger partial charge in [-0.3, -0.25) is 0 Å². The third kappa shape index (κ3) is 1.83. The van der Waals surface area contributed by atoms with Crippen molar-refractivity contribution in [2.45, 2.75) is 19.6 Å². The first-order chi connectivity index (χ1) is 5.52. The maximum Gasteiger partial charge on any atom is 0.236 e. The van der Waals surface area contributed by atoms with Gasteiger partial charge < -0.3 is 0 Å². The molecule has 1 aromatic heterocycles. The molecule has 0 aliphatic heterocycles. The van der Waals surface area contributed by atoms with Crippen molar-refractivity contribution in [3.63, 3.8) is 0 Å². The molecule has 1 heterocycles. The summed E-state index contributed by atoms with van der Waals surface area (Å²) in [4.78, 5) is 0. The van der Waals surface area contributed by atoms with Gasteiger partial charge in [-0.25, -0.2) is 4.52 Å². The predicted molar refractivity (Wildman–Crippen MR) is 52.3 cm³/mol. The Morgan fingerprint density at radius 1 is 1.33 bits per heavy atom. The number of aromatic nitrogens is 1. The van der Waals surface area contributed by atoms with Crippen LogP contribution < -0.4 is 4.74 Å². The Kier molecular flexibility index (Phi) is 2.83. The molecule has 0 fully saturated rings. The summed E-state index contributed by atoms with van der Waals surface area (Å²) in [6, 6.07) is 0. The normalized spacial score (nSPS) is 11.2. The zero-order chi connectivity index (χ0) is 9.30. The third-order valence-electron chi connectivity index (χ3n) is 2.04. The summed E-state index contributed by atoms with van der Waals surface area (Å²) in [6.07, 6.45) is 4.51. The van der Waals surface area contributed by atoms with Gasteiger partial charge in [-0.2, -0.15) is 0 Å². The summed E-state index contributed by atoms with van der Waals surface area (Å²) in [7, 11) is 2.41. The molecular weight excluding hydrogens is 170 g/mol. The van der Waals surface area contributed by atoms with Crippen molar-refractivity contribution in [1.29, 1.82) is 0 Å². The average Bonchev–Trinajstić information content (AvgIpc) is 2.16. The smallest absolute Gasteiger partial charge is 0.236 e. The summed E-state index contributed by atoms with van der Waals surface area (Å²) in [5.41, 5.74) is 2.64. The molecule has 0 saturated carbocycles. The van der Waals surface area contributed by atoms with E-state index in [1.54, 1.807) is 0 Å². The van der Waals surface area contributed by atoms with E-state index in [9.17, 15) is 0 Å². The van der Waals surface area contributed by atoms with Crippen LogP contribution >= 0.6 is 0 Å². The van der Waals surface area contributed by atoms with Crippen LogP contribution in [0.25, 0.3) is 0 Å². The monoisotopic (exact) mass is 187 g/mol. The van der Waals surface area contributed by atoms with Gasteiger partial charge in [0.2, 0.25) is 5.69 Å². The van der Waals surface area contributed by atoms with Crippen molar-refractivity contribution >= 4 is 10.9 Å². The van der Waals surface area contributed by atoms with Gasteiger partial charge in [0.25, 0.3) is 0 Å². The number of nitrogens with zero attached hydrogens (tertiary/aromatic N) is 1. The summed E-state index contributed by atoms with van der Waals surface area (Å²) < 4.78 is 7.31. The van der Waals surface area contributed by atoms with Crippen LogP contribution in [0.1, 0.15) is 17.0 Å². The van der Waals surface area contributed by atoms with Gasteiger partial charge in [0.1, 0.15) is 11.3 Å². The van der Waals surface area contributed by atoms with Gasteiger partial charge in [-0.15, -0.1) is 0 Å². The molecule has 0 amide bonds. The van der Waals surface area contributed by atoms with E-state index in [1.807, 2.05) is 18.7 Å². The van der Waals surface area contributed by atoms with Crippen LogP contribution in [0.2, 0.25) is 0 Å². The molecular formula is C9H17NOS+2. The molecule has 2 nitrogen and oxygen atoms in total. The van der Waals surface area contributed by atoms with E-state index in [4.69, 9.17) is 4.52 Å². The van der Waals surface area contributed by atoms with Gasteiger partial charge in [0.05, 0.1) is 12.5 Å². The Hall–Kier alpha value is -0.440. The summed E-state index contributed by atoms with van der Waals surface area (Å²) in [5, 5.41) is 0. The fourth-order valence-corrected chi connectivity index (χ4v) is 2.26. The van der Waals surface area contributed by atoms with E-state index in [0.717, 1.165) is 11.5 Å². The fraction of sp³-hybridized carbons (Fsp3) is 0.667. The van der Waals surface area contributed by atoms with Crippen molar-refractivity contribution in [2.24, 2.45) is 7.05 Å². The van der Waals surface area contributed by atoms with Crippen LogP contribution in [0.5, 0.6) is 0 Å². The number of hydrogen-bond donors (Lipinski definition) is 0. The first-order valence-electron chi connectivity index (χ1n) is 4.02. The van der Waals surface area contributed by atoms with Crippen LogP contribution in [-0.2, 0) is 23.7 Å². The van der Waals surface area contributed by atoms with Gasteiger partial charge in [-0.05, 0) is 15.6 Å². The van der Waals surface area contributed by atoms with E-state index in [2.05, 4.69) is 19.4 Å². The molecule has 0 aliphatic rings. The SMILES string of the molecule is Cc1o[n+](C)c(C)c1C[S+](C)C. The van der Waals surface area contributed by atoms with Crippen molar-refractivity contribution in [3.8, 4) is 0 Å². The summed E-state index contributed by atoms with van der Waals surface area (Å²) in [6.45, 7) is 4.15. The largest absolute Gasteiger partial charge is 0.241 e. The van der Waals surface area contributed by atoms with Crippen LogP contribution in [0.3, 0.4) is 0 Å². The highest BCUT2D eigenvalue weighted by Gasteiger charge is 2.22. The van der Waals surface area contributed by atoms with Crippen LogP contribution in [0.4, 0.5) is 0 Å². The lowest BCUT2D eigenvalue weighted by molar-refractivity contribution is -0.850. The minimum Gasteiger partial charge on any atom is -0.241 e. The third-order valence-corrected chi connectivity index (χ3v) is 2.91. The summed E-state index contributed by atoms with van der Waals surface area (Å²) in [5.74, 6) is 2.21. The lowest BCUT2D eigenvalue weighted by Crippen LogP contribution is -2.28. The van der Waals surface area contributed by atoms with Crippen LogP contribution in [0, 0.1) is 13.8 Å². The molecule has 0 atom stereocenters. The van der Waals surface area contributed by atoms with E-state index in [-0.39, 0.29) is 0 Å². The van der Waals surface area contributed by atoms with Gasteiger partial charge in [0.15, 0.2) is 12.8 Å². The van der Waals surface area contributed by atoms with Crippen molar-refractivity contribution < 1.29 is 9.26 Å². The van der Waals surface area contributed by atoms with Crippen molar-refractivity contribution in [1.82, 2.24) is 0 Å². The minimum absolute atomic E-state index is 0.453. The molecule has 0 aromatic carbocycles. The maximum atomic E-state index is 5.47. The lowest BCUT2D eigenvalue weighted by atomic mass is 10.2. The standard InChI is InChI=1S/C9H17NOS/c1-7-9(6-12(4)5)8(2)11-10(7)3/h6H2,1-5H3/q+2. The van der Waals surface area contributed by atoms with Crippen molar-refractivity contribution in [2.75, 3.05) is 12.5 Å². The first kappa shape index (κ1) is 9.65. The van der Waals surface area contributed by atoms with Gasteiger partial charge >= 0.3 is 0 Å². The second kappa shape index (κ2) is 3.52. The Balaban J connectivity index is 2.97. The van der Waals surface area contributed by atoms with E-state index in [0.29, 0.717) is 10.9 Å². The Morgan fingerprint density at radius 3 is 2.25 bits per heavy atom. The lowest BCUT2D eigenvalue weighted by Gasteiger charge is -1.92.